The fraction of sp³-hybridized carbons (Fsp3) is 0.136. The molecule has 6 aromatic heterocycles. The van der Waals surface area contributed by atoms with Gasteiger partial charge in [0.05, 0.1) is 103 Å². The molecule has 0 aliphatic carbocycles. The van der Waals surface area contributed by atoms with Gasteiger partial charge in [0.25, 0.3) is 0 Å². The van der Waals surface area contributed by atoms with Crippen molar-refractivity contribution >= 4 is 84.9 Å². The summed E-state index contributed by atoms with van der Waals surface area (Å²) in [6.45, 7) is 6.14. The van der Waals surface area contributed by atoms with Gasteiger partial charge in [-0.15, -0.1) is 0 Å². The Bertz CT molecular complexity index is 4690. The number of fused-ring (bicyclic) bond motifs is 3. The normalized spacial score (nSPS) is 11.1. The van der Waals surface area contributed by atoms with E-state index in [0.29, 0.717) is 41.1 Å². The number of nitrogens with one attached hydrogen (secondary N) is 6. The van der Waals surface area contributed by atoms with Crippen molar-refractivity contribution in [3.8, 4) is 33.4 Å². The molecule has 8 N–H and O–H groups in total. The van der Waals surface area contributed by atoms with Crippen molar-refractivity contribution in [3.63, 3.8) is 0 Å². The number of aliphatic hydroxyl groups excluding tert-OH is 2. The van der Waals surface area contributed by atoms with Crippen LogP contribution in [0, 0.1) is 38.2 Å². The summed E-state index contributed by atoms with van der Waals surface area (Å²) in [5.41, 5.74) is 10.2. The molecule has 6 aromatic carbocycles. The Morgan fingerprint density at radius 2 is 0.924 bits per heavy atom. The topological polar surface area (TPSA) is 256 Å². The van der Waals surface area contributed by atoms with Gasteiger partial charge in [-0.05, 0) is 133 Å². The number of anilines is 6. The highest BCUT2D eigenvalue weighted by molar-refractivity contribution is 6.03. The quantitative estimate of drug-likeness (QED) is 0.0504. The standard InChI is InChI=1S/C22H18F3N5O.C22H19F2N5O2.C22H20FN5O2/c1-13-8-16(29-21(31)28-15-5-3-4-14(9-15)22(23,24)25)6-7-17(13)18-10-26-12-20-19(18)11-27-30(20)2;1-13-2-4-17(23)20(8-13)28-22(31)27-19-5-3-14(9-18(19)24)15-10-25-12-21-16(15)11-26-29(21)6-7-30;1-14-2-7-19(23)20(10-14)27-22(30)26-16-5-3-15(4-6-16)17-11-24-13-21-18(17)12-25-28(21)8-9-29/h3-12H,1-2H3,(H2,28,29,31);2-5,8-12,30H,6-7H2,1H3,(H2,27,28,31);2-7,10-13,29H,8-9H2,1H3,(H2,26,27,30). The zero-order valence-electron chi connectivity index (χ0n) is 49.5. The summed E-state index contributed by atoms with van der Waals surface area (Å²) >= 11 is 0. The molecule has 0 aliphatic heterocycles. The highest BCUT2D eigenvalue weighted by atomic mass is 19.4. The molecule has 0 saturated carbocycles. The van der Waals surface area contributed by atoms with Gasteiger partial charge in [-0.3, -0.25) is 29.0 Å². The van der Waals surface area contributed by atoms with Crippen LogP contribution in [0.5, 0.6) is 0 Å². The van der Waals surface area contributed by atoms with E-state index in [0.717, 1.165) is 78.3 Å². The number of amides is 6. The predicted molar refractivity (Wildman–Crippen MR) is 340 cm³/mol. The molecule has 20 nitrogen and oxygen atoms in total. The molecule has 0 aliphatic rings. The number of aliphatic hydroxyl groups is 2. The summed E-state index contributed by atoms with van der Waals surface area (Å²) in [5, 5.41) is 48.8. The number of benzene rings is 6. The van der Waals surface area contributed by atoms with Gasteiger partial charge < -0.3 is 42.1 Å². The molecule has 12 rings (SSSR count). The van der Waals surface area contributed by atoms with E-state index in [4.69, 9.17) is 10.2 Å². The van der Waals surface area contributed by atoms with Crippen molar-refractivity contribution in [2.45, 2.75) is 40.0 Å². The van der Waals surface area contributed by atoms with Crippen LogP contribution in [0.15, 0.2) is 177 Å². The molecule has 0 saturated heterocycles. The smallest absolute Gasteiger partial charge is 0.394 e. The van der Waals surface area contributed by atoms with Gasteiger partial charge in [-0.25, -0.2) is 27.6 Å². The number of carbonyl (C=O) groups is 3. The number of aromatic nitrogens is 9. The number of pyridine rings is 3. The fourth-order valence-electron chi connectivity index (χ4n) is 9.92. The van der Waals surface area contributed by atoms with Gasteiger partial charge in [-0.2, -0.15) is 28.5 Å². The van der Waals surface area contributed by atoms with Crippen molar-refractivity contribution in [2.75, 3.05) is 45.1 Å². The van der Waals surface area contributed by atoms with Crippen LogP contribution in [-0.4, -0.2) is 85.8 Å². The molecule has 6 heterocycles. The second-order valence-electron chi connectivity index (χ2n) is 20.9. The molecule has 0 unspecified atom stereocenters. The van der Waals surface area contributed by atoms with Crippen molar-refractivity contribution < 1.29 is 50.9 Å². The average molecular weight is 1250 g/mol. The van der Waals surface area contributed by atoms with Crippen molar-refractivity contribution in [1.29, 1.82) is 0 Å². The molecule has 0 radical (unpaired) electrons. The molecule has 468 valence electrons. The van der Waals surface area contributed by atoms with Crippen LogP contribution in [0.4, 0.5) is 74.9 Å². The number of aryl methyl sites for hydroxylation is 4. The minimum Gasteiger partial charge on any atom is -0.394 e. The Kier molecular flexibility index (Phi) is 19.3. The first-order chi connectivity index (χ1) is 44.2. The molecule has 0 fully saturated rings. The number of hydrogen-bond acceptors (Lipinski definition) is 11. The lowest BCUT2D eigenvalue weighted by molar-refractivity contribution is -0.137. The van der Waals surface area contributed by atoms with Crippen molar-refractivity contribution in [1.82, 2.24) is 44.3 Å². The molecule has 26 heteroatoms. The SMILES string of the molecule is Cc1cc(NC(=O)Nc2cccc(C(F)(F)F)c2)ccc1-c1cncc2c1cnn2C.Cc1ccc(F)c(NC(=O)Nc2ccc(-c3cncc4c3cnn4CCO)cc2)c1.Cc1ccc(F)c(NC(=O)Nc2ccc(-c3cncc4c3cnn4CCO)cc2F)c1. The van der Waals surface area contributed by atoms with E-state index in [-0.39, 0.29) is 36.0 Å². The molecule has 0 atom stereocenters. The molecular weight excluding hydrogens is 1200 g/mol. The van der Waals surface area contributed by atoms with Crippen molar-refractivity contribution in [2.24, 2.45) is 7.05 Å². The van der Waals surface area contributed by atoms with Crippen LogP contribution in [0.25, 0.3) is 66.1 Å². The first-order valence-corrected chi connectivity index (χ1v) is 28.2. The minimum atomic E-state index is -4.48. The molecule has 0 bridgehead atoms. The van der Waals surface area contributed by atoms with Crippen molar-refractivity contribution in [3.05, 3.63) is 217 Å². The van der Waals surface area contributed by atoms with Gasteiger partial charge in [0, 0.05) is 75.5 Å². The van der Waals surface area contributed by atoms with Gasteiger partial charge >= 0.3 is 24.3 Å². The summed E-state index contributed by atoms with van der Waals surface area (Å²) in [5.74, 6) is -1.73. The summed E-state index contributed by atoms with van der Waals surface area (Å²) in [7, 11) is 1.84. The fourth-order valence-corrected chi connectivity index (χ4v) is 9.92. The lowest BCUT2D eigenvalue weighted by Crippen LogP contribution is -2.20. The first kappa shape index (κ1) is 63.5. The van der Waals surface area contributed by atoms with Crippen LogP contribution in [0.1, 0.15) is 22.3 Å². The van der Waals surface area contributed by atoms with Crippen LogP contribution in [0.2, 0.25) is 0 Å². The average Bonchev–Trinajstić information content (AvgIpc) is 1.63. The monoisotopic (exact) mass is 1250 g/mol. The second-order valence-corrected chi connectivity index (χ2v) is 20.9. The Morgan fingerprint density at radius 1 is 0.446 bits per heavy atom. The van der Waals surface area contributed by atoms with Crippen LogP contribution in [0.3, 0.4) is 0 Å². The Hall–Kier alpha value is -11.5. The van der Waals surface area contributed by atoms with E-state index in [1.54, 1.807) is 125 Å². The van der Waals surface area contributed by atoms with Crippen LogP contribution >= 0.6 is 0 Å². The Labute approximate surface area is 520 Å². The third-order valence-electron chi connectivity index (χ3n) is 14.4. The Morgan fingerprint density at radius 3 is 1.49 bits per heavy atom. The van der Waals surface area contributed by atoms with E-state index in [9.17, 15) is 40.7 Å². The van der Waals surface area contributed by atoms with Crippen LogP contribution in [-0.2, 0) is 26.3 Å². The zero-order chi connectivity index (χ0) is 65.2. The zero-order valence-corrected chi connectivity index (χ0v) is 49.5. The van der Waals surface area contributed by atoms with Gasteiger partial charge in [0.2, 0.25) is 0 Å². The molecule has 0 spiro atoms. The number of alkyl halides is 3. The number of urea groups is 3. The maximum absolute atomic E-state index is 14.7. The summed E-state index contributed by atoms with van der Waals surface area (Å²) in [6.07, 6.45) is 10.9. The molecule has 12 aromatic rings. The van der Waals surface area contributed by atoms with Gasteiger partial charge in [0.15, 0.2) is 0 Å². The summed E-state index contributed by atoms with van der Waals surface area (Å²) in [6, 6.07) is 28.4. The maximum Gasteiger partial charge on any atom is 0.416 e. The highest BCUT2D eigenvalue weighted by Gasteiger charge is 2.30. The first-order valence-electron chi connectivity index (χ1n) is 28.2. The number of halogens is 6. The van der Waals surface area contributed by atoms with Gasteiger partial charge in [-0.1, -0.05) is 42.5 Å². The molecule has 6 amide bonds. The molecule has 92 heavy (non-hydrogen) atoms. The third kappa shape index (κ3) is 15.0. The lowest BCUT2D eigenvalue weighted by Gasteiger charge is -2.12. The molecular formula is C66H57F6N15O5. The van der Waals surface area contributed by atoms with E-state index in [1.165, 1.54) is 42.5 Å². The number of rotatable bonds is 13. The van der Waals surface area contributed by atoms with Crippen LogP contribution < -0.4 is 31.9 Å². The third-order valence-corrected chi connectivity index (χ3v) is 14.4. The lowest BCUT2D eigenvalue weighted by atomic mass is 9.99. The Balaban J connectivity index is 0.000000151. The maximum atomic E-state index is 14.7. The largest absolute Gasteiger partial charge is 0.416 e. The van der Waals surface area contributed by atoms with E-state index in [1.807, 2.05) is 39.1 Å². The summed E-state index contributed by atoms with van der Waals surface area (Å²) in [4.78, 5) is 49.4. The van der Waals surface area contributed by atoms with Gasteiger partial charge in [0.1, 0.15) is 17.5 Å². The second kappa shape index (κ2) is 27.9. The number of carbonyl (C=O) groups excluding carboxylic acids is 3. The highest BCUT2D eigenvalue weighted by Crippen LogP contribution is 2.35. The number of hydrogen-bond donors (Lipinski definition) is 8. The number of nitrogens with zero attached hydrogens (tertiary/aromatic N) is 9. The predicted octanol–water partition coefficient (Wildman–Crippen LogP) is 14.1. The van der Waals surface area contributed by atoms with E-state index < -0.39 is 47.3 Å². The van der Waals surface area contributed by atoms with E-state index in [2.05, 4.69) is 62.1 Å². The minimum absolute atomic E-state index is 0.00408. The van der Waals surface area contributed by atoms with E-state index >= 15 is 0 Å². The summed E-state index contributed by atoms with van der Waals surface area (Å²) < 4.78 is 85.9.